The van der Waals surface area contributed by atoms with E-state index >= 15 is 0 Å². The quantitative estimate of drug-likeness (QED) is 0.457. The molecule has 1 nitrogen and oxygen atoms in total. The predicted octanol–water partition coefficient (Wildman–Crippen LogP) is 1.49. The van der Waals surface area contributed by atoms with Crippen molar-refractivity contribution in [2.45, 2.75) is 37.8 Å². The lowest BCUT2D eigenvalue weighted by Crippen LogP contribution is -2.36. The summed E-state index contributed by atoms with van der Waals surface area (Å²) in [5.74, 6) is 2.09. The smallest absolute Gasteiger partial charge is 0.0396 e. The summed E-state index contributed by atoms with van der Waals surface area (Å²) in [5.41, 5.74) is 0.763. The first-order valence-corrected chi connectivity index (χ1v) is 4.50. The first kappa shape index (κ1) is 5.59. The molecule has 1 heterocycles. The molecule has 3 aliphatic rings. The van der Waals surface area contributed by atoms with Gasteiger partial charge in [-0.2, -0.15) is 0 Å². The van der Waals surface area contributed by atoms with Crippen molar-refractivity contribution in [3.63, 3.8) is 0 Å². The topological polar surface area (TPSA) is 3.01 Å². The van der Waals surface area contributed by atoms with Crippen LogP contribution in [0.3, 0.4) is 0 Å². The second-order valence-electron chi connectivity index (χ2n) is 4.50. The molecule has 1 saturated heterocycles. The molecule has 0 radical (unpaired) electrons. The highest BCUT2D eigenvalue weighted by Gasteiger charge is 2.74. The Labute approximate surface area is 62.4 Å². The molecule has 56 valence electrons. The maximum Gasteiger partial charge on any atom is 0.0396 e. The first-order valence-electron chi connectivity index (χ1n) is 4.50. The van der Waals surface area contributed by atoms with E-state index in [0.717, 1.165) is 23.4 Å². The van der Waals surface area contributed by atoms with Crippen molar-refractivity contribution in [1.82, 2.24) is 4.90 Å². The van der Waals surface area contributed by atoms with Gasteiger partial charge in [0.05, 0.1) is 0 Å². The van der Waals surface area contributed by atoms with Gasteiger partial charge in [-0.3, -0.25) is 4.90 Å². The molecule has 0 aromatic rings. The molecule has 0 N–H and O–H groups in total. The summed E-state index contributed by atoms with van der Waals surface area (Å²) in [7, 11) is 2.31. The van der Waals surface area contributed by atoms with E-state index in [2.05, 4.69) is 18.9 Å². The van der Waals surface area contributed by atoms with Crippen LogP contribution in [0.25, 0.3) is 0 Å². The van der Waals surface area contributed by atoms with E-state index < -0.39 is 0 Å². The van der Waals surface area contributed by atoms with Gasteiger partial charge in [0.25, 0.3) is 0 Å². The van der Waals surface area contributed by atoms with E-state index in [-0.39, 0.29) is 0 Å². The number of likely N-dealkylation sites (tertiary alicyclic amines) is 1. The zero-order valence-electron chi connectivity index (χ0n) is 6.80. The van der Waals surface area contributed by atoms with E-state index in [0.29, 0.717) is 0 Å². The van der Waals surface area contributed by atoms with E-state index in [1.54, 1.807) is 0 Å². The van der Waals surface area contributed by atoms with E-state index in [1.165, 1.54) is 19.3 Å². The number of rotatable bonds is 0. The van der Waals surface area contributed by atoms with Crippen molar-refractivity contribution in [2.24, 2.45) is 11.8 Å². The van der Waals surface area contributed by atoms with E-state index in [1.807, 2.05) is 0 Å². The molecule has 1 spiro atoms. The predicted molar refractivity (Wildman–Crippen MR) is 40.8 cm³/mol. The van der Waals surface area contributed by atoms with Gasteiger partial charge in [0, 0.05) is 11.6 Å². The summed E-state index contributed by atoms with van der Waals surface area (Å²) in [6.07, 6.45) is 4.54. The molecule has 2 aliphatic carbocycles. The number of nitrogens with zero attached hydrogens (tertiary/aromatic N) is 1. The number of likely N-dealkylation sites (N-methyl/N-ethyl adjacent to an activating group) is 1. The molecule has 0 aromatic heterocycles. The molecule has 0 aromatic carbocycles. The van der Waals surface area contributed by atoms with Crippen LogP contribution in [0.4, 0.5) is 0 Å². The standard InChI is InChI=1S/C9H15N/c1-6-5-7-3-4-9(7)8(6)10(9)2/h6-8H,3-5H2,1-2H3. The summed E-state index contributed by atoms with van der Waals surface area (Å²) in [4.78, 5) is 2.62. The minimum atomic E-state index is 0.763. The molecule has 0 bridgehead atoms. The Balaban J connectivity index is 1.97. The van der Waals surface area contributed by atoms with Crippen molar-refractivity contribution in [1.29, 1.82) is 0 Å². The third kappa shape index (κ3) is 0.334. The molecule has 0 amide bonds. The number of hydrogen-bond donors (Lipinski definition) is 0. The maximum absolute atomic E-state index is 2.62. The molecule has 5 atom stereocenters. The Kier molecular flexibility index (Phi) is 0.722. The Bertz CT molecular complexity index is 185. The summed E-state index contributed by atoms with van der Waals surface area (Å²) in [6, 6.07) is 0.992. The zero-order valence-corrected chi connectivity index (χ0v) is 6.80. The van der Waals surface area contributed by atoms with Crippen LogP contribution in [-0.4, -0.2) is 23.5 Å². The molecular formula is C9H15N. The molecular weight excluding hydrogens is 122 g/mol. The second kappa shape index (κ2) is 1.29. The molecule has 1 heteroatoms. The highest BCUT2D eigenvalue weighted by Crippen LogP contribution is 2.67. The molecule has 3 rings (SSSR count). The monoisotopic (exact) mass is 137 g/mol. The fourth-order valence-corrected chi connectivity index (χ4v) is 3.79. The van der Waals surface area contributed by atoms with Crippen LogP contribution in [0, 0.1) is 11.8 Å². The van der Waals surface area contributed by atoms with Gasteiger partial charge in [-0.25, -0.2) is 0 Å². The first-order chi connectivity index (χ1) is 4.77. The number of hydrogen-bond acceptors (Lipinski definition) is 1. The van der Waals surface area contributed by atoms with Gasteiger partial charge in [-0.15, -0.1) is 0 Å². The number of piperidine rings is 1. The Morgan fingerprint density at radius 2 is 2.30 bits per heavy atom. The molecule has 1 aliphatic heterocycles. The largest absolute Gasteiger partial charge is 0.294 e. The van der Waals surface area contributed by atoms with Gasteiger partial charge in [0.15, 0.2) is 0 Å². The van der Waals surface area contributed by atoms with Crippen LogP contribution in [0.5, 0.6) is 0 Å². The zero-order chi connectivity index (χ0) is 6.93. The van der Waals surface area contributed by atoms with Gasteiger partial charge in [0.2, 0.25) is 0 Å². The summed E-state index contributed by atoms with van der Waals surface area (Å²) < 4.78 is 0. The lowest BCUT2D eigenvalue weighted by Gasteiger charge is -2.35. The minimum Gasteiger partial charge on any atom is -0.294 e. The van der Waals surface area contributed by atoms with Gasteiger partial charge in [-0.05, 0) is 38.1 Å². The molecule has 5 unspecified atom stereocenters. The van der Waals surface area contributed by atoms with Crippen LogP contribution in [0.1, 0.15) is 26.2 Å². The Hall–Kier alpha value is -0.0400. The van der Waals surface area contributed by atoms with E-state index in [4.69, 9.17) is 0 Å². The lowest BCUT2D eigenvalue weighted by atomic mass is 9.74. The van der Waals surface area contributed by atoms with Crippen LogP contribution in [0.15, 0.2) is 0 Å². The fourth-order valence-electron chi connectivity index (χ4n) is 3.79. The Morgan fingerprint density at radius 3 is 2.60 bits per heavy atom. The van der Waals surface area contributed by atoms with Crippen LogP contribution in [0.2, 0.25) is 0 Å². The third-order valence-electron chi connectivity index (χ3n) is 4.31. The minimum absolute atomic E-state index is 0.763. The average Bonchev–Trinajstić information content (AvgIpc) is 2.44. The normalized spacial score (nSPS) is 70.2. The summed E-state index contributed by atoms with van der Waals surface area (Å²) >= 11 is 0. The lowest BCUT2D eigenvalue weighted by molar-refractivity contribution is 0.166. The van der Waals surface area contributed by atoms with Gasteiger partial charge >= 0.3 is 0 Å². The van der Waals surface area contributed by atoms with Crippen LogP contribution in [-0.2, 0) is 0 Å². The van der Waals surface area contributed by atoms with Crippen molar-refractivity contribution in [2.75, 3.05) is 7.05 Å². The summed E-state index contributed by atoms with van der Waals surface area (Å²) in [5, 5.41) is 0. The molecule has 3 fully saturated rings. The van der Waals surface area contributed by atoms with Gasteiger partial charge < -0.3 is 0 Å². The highest BCUT2D eigenvalue weighted by atomic mass is 15.4. The van der Waals surface area contributed by atoms with Crippen LogP contribution < -0.4 is 0 Å². The molecule has 2 saturated carbocycles. The third-order valence-corrected chi connectivity index (χ3v) is 4.31. The Morgan fingerprint density at radius 1 is 1.50 bits per heavy atom. The van der Waals surface area contributed by atoms with Crippen molar-refractivity contribution in [3.8, 4) is 0 Å². The fraction of sp³-hybridized carbons (Fsp3) is 1.00. The average molecular weight is 137 g/mol. The van der Waals surface area contributed by atoms with Gasteiger partial charge in [-0.1, -0.05) is 6.92 Å². The maximum atomic E-state index is 2.62. The van der Waals surface area contributed by atoms with Gasteiger partial charge in [0.1, 0.15) is 0 Å². The van der Waals surface area contributed by atoms with Crippen molar-refractivity contribution >= 4 is 0 Å². The van der Waals surface area contributed by atoms with E-state index in [9.17, 15) is 0 Å². The summed E-state index contributed by atoms with van der Waals surface area (Å²) in [6.45, 7) is 2.42. The van der Waals surface area contributed by atoms with Crippen molar-refractivity contribution < 1.29 is 0 Å². The van der Waals surface area contributed by atoms with Crippen LogP contribution >= 0.6 is 0 Å². The SMILES string of the molecule is CC1CC2CCC23C1N3C. The van der Waals surface area contributed by atoms with Crippen molar-refractivity contribution in [3.05, 3.63) is 0 Å². The molecule has 10 heavy (non-hydrogen) atoms. The second-order valence-corrected chi connectivity index (χ2v) is 4.50. The highest BCUT2D eigenvalue weighted by molar-refractivity contribution is 5.29.